The van der Waals surface area contributed by atoms with Gasteiger partial charge in [0.1, 0.15) is 4.90 Å². The normalized spacial score (nSPS) is 11.7. The fraction of sp³-hybridized carbons (Fsp3) is 0.556. The van der Waals surface area contributed by atoms with Gasteiger partial charge in [-0.25, -0.2) is 13.2 Å². The molecule has 0 saturated heterocycles. The summed E-state index contributed by atoms with van der Waals surface area (Å²) in [5.41, 5.74) is -0.187. The van der Waals surface area contributed by atoms with Crippen molar-refractivity contribution in [2.24, 2.45) is 7.05 Å². The van der Waals surface area contributed by atoms with Crippen LogP contribution < -0.4 is 0 Å². The number of aryl methyl sites for hydroxylation is 1. The number of aromatic nitrogens is 2. The zero-order valence-corrected chi connectivity index (χ0v) is 11.0. The highest BCUT2D eigenvalue weighted by atomic mass is 35.7. The Bertz CT molecular complexity index is 535. The van der Waals surface area contributed by atoms with Gasteiger partial charge in [-0.05, 0) is 12.8 Å². The summed E-state index contributed by atoms with van der Waals surface area (Å²) in [5.74, 6) is -1.40. The standard InChI is InChI=1S/C9H13ClN2O4S/c1-3-4-5-6-8(17(10,15)16)7(9(13)14)11-12(6)2/h3-5H2,1-2H3,(H,13,14). The molecule has 0 radical (unpaired) electrons. The van der Waals surface area contributed by atoms with Crippen LogP contribution in [0.15, 0.2) is 4.90 Å². The van der Waals surface area contributed by atoms with E-state index in [4.69, 9.17) is 15.8 Å². The number of halogens is 1. The lowest BCUT2D eigenvalue weighted by Gasteiger charge is -2.02. The molecule has 0 aliphatic heterocycles. The van der Waals surface area contributed by atoms with Crippen molar-refractivity contribution in [1.29, 1.82) is 0 Å². The molecule has 0 aliphatic carbocycles. The van der Waals surface area contributed by atoms with Gasteiger partial charge in [-0.15, -0.1) is 0 Å². The monoisotopic (exact) mass is 280 g/mol. The van der Waals surface area contributed by atoms with Crippen LogP contribution >= 0.6 is 10.7 Å². The largest absolute Gasteiger partial charge is 0.476 e. The van der Waals surface area contributed by atoms with Gasteiger partial charge in [-0.3, -0.25) is 4.68 Å². The fourth-order valence-electron chi connectivity index (χ4n) is 1.56. The summed E-state index contributed by atoms with van der Waals surface area (Å²) in [6, 6.07) is 0. The number of nitrogens with zero attached hydrogens (tertiary/aromatic N) is 2. The third kappa shape index (κ3) is 2.98. The zero-order valence-electron chi connectivity index (χ0n) is 9.47. The molecule has 1 aromatic rings. The van der Waals surface area contributed by atoms with Crippen molar-refractivity contribution < 1.29 is 18.3 Å². The van der Waals surface area contributed by atoms with Crippen molar-refractivity contribution in [2.45, 2.75) is 31.1 Å². The van der Waals surface area contributed by atoms with Crippen molar-refractivity contribution in [3.05, 3.63) is 11.4 Å². The number of rotatable bonds is 5. The summed E-state index contributed by atoms with van der Waals surface area (Å²) in [7, 11) is 2.65. The molecule has 0 aromatic carbocycles. The van der Waals surface area contributed by atoms with E-state index >= 15 is 0 Å². The highest BCUT2D eigenvalue weighted by Crippen LogP contribution is 2.25. The highest BCUT2D eigenvalue weighted by Gasteiger charge is 2.29. The zero-order chi connectivity index (χ0) is 13.2. The number of aromatic carboxylic acids is 1. The molecule has 1 rings (SSSR count). The molecule has 0 amide bonds. The summed E-state index contributed by atoms with van der Waals surface area (Å²) in [4.78, 5) is 10.5. The minimum atomic E-state index is -4.11. The topological polar surface area (TPSA) is 89.3 Å². The predicted octanol–water partition coefficient (Wildman–Crippen LogP) is 1.39. The average molecular weight is 281 g/mol. The molecule has 8 heteroatoms. The lowest BCUT2D eigenvalue weighted by Crippen LogP contribution is -2.05. The second kappa shape index (κ2) is 5.05. The molecular weight excluding hydrogens is 268 g/mol. The molecular formula is C9H13ClN2O4S. The molecule has 1 N–H and O–H groups in total. The van der Waals surface area contributed by atoms with Crippen molar-refractivity contribution in [3.63, 3.8) is 0 Å². The summed E-state index contributed by atoms with van der Waals surface area (Å²) < 4.78 is 24.1. The maximum atomic E-state index is 11.4. The Morgan fingerprint density at radius 1 is 1.53 bits per heavy atom. The molecule has 96 valence electrons. The second-order valence-electron chi connectivity index (χ2n) is 3.59. The maximum Gasteiger partial charge on any atom is 0.357 e. The predicted molar refractivity (Wildman–Crippen MR) is 61.8 cm³/mol. The molecule has 0 fully saturated rings. The van der Waals surface area contributed by atoms with E-state index < -0.39 is 20.7 Å². The molecule has 0 bridgehead atoms. The quantitative estimate of drug-likeness (QED) is 0.823. The van der Waals surface area contributed by atoms with E-state index in [0.29, 0.717) is 12.1 Å². The molecule has 1 aromatic heterocycles. The van der Waals surface area contributed by atoms with Crippen LogP contribution in [0.2, 0.25) is 0 Å². The Hall–Kier alpha value is -1.08. The Morgan fingerprint density at radius 2 is 2.12 bits per heavy atom. The van der Waals surface area contributed by atoms with E-state index in [-0.39, 0.29) is 4.90 Å². The van der Waals surface area contributed by atoms with Crippen LogP contribution in [0.5, 0.6) is 0 Å². The minimum absolute atomic E-state index is 0.333. The van der Waals surface area contributed by atoms with Gasteiger partial charge in [0, 0.05) is 17.7 Å². The third-order valence-corrected chi connectivity index (χ3v) is 3.71. The maximum absolute atomic E-state index is 11.4. The van der Waals surface area contributed by atoms with E-state index in [2.05, 4.69) is 5.10 Å². The lowest BCUT2D eigenvalue weighted by molar-refractivity contribution is 0.0685. The summed E-state index contributed by atoms with van der Waals surface area (Å²) in [6.07, 6.45) is 2.02. The first-order chi connectivity index (χ1) is 7.79. The Kier molecular flexibility index (Phi) is 4.16. The van der Waals surface area contributed by atoms with E-state index in [0.717, 1.165) is 12.8 Å². The van der Waals surface area contributed by atoms with Crippen LogP contribution in [-0.2, 0) is 22.5 Å². The lowest BCUT2D eigenvalue weighted by atomic mass is 10.2. The van der Waals surface area contributed by atoms with E-state index in [1.54, 1.807) is 0 Å². The van der Waals surface area contributed by atoms with Gasteiger partial charge < -0.3 is 5.11 Å². The molecule has 0 saturated carbocycles. The van der Waals surface area contributed by atoms with Crippen LogP contribution in [0.4, 0.5) is 0 Å². The van der Waals surface area contributed by atoms with Gasteiger partial charge in [-0.1, -0.05) is 13.3 Å². The molecule has 0 spiro atoms. The van der Waals surface area contributed by atoms with Crippen LogP contribution in [0.1, 0.15) is 35.9 Å². The number of hydrogen-bond acceptors (Lipinski definition) is 4. The number of hydrogen-bond donors (Lipinski definition) is 1. The van der Waals surface area contributed by atoms with E-state index in [9.17, 15) is 13.2 Å². The van der Waals surface area contributed by atoms with Crippen molar-refractivity contribution in [1.82, 2.24) is 9.78 Å². The first-order valence-corrected chi connectivity index (χ1v) is 7.33. The number of carboxylic acid groups (broad SMARTS) is 1. The van der Waals surface area contributed by atoms with Gasteiger partial charge in [0.15, 0.2) is 5.69 Å². The molecule has 6 nitrogen and oxygen atoms in total. The summed E-state index contributed by atoms with van der Waals surface area (Å²) in [5, 5.41) is 12.6. The van der Waals surface area contributed by atoms with Crippen LogP contribution in [-0.4, -0.2) is 29.3 Å². The van der Waals surface area contributed by atoms with Crippen LogP contribution in [0.25, 0.3) is 0 Å². The fourth-order valence-corrected chi connectivity index (χ4v) is 2.92. The first-order valence-electron chi connectivity index (χ1n) is 5.02. The number of unbranched alkanes of at least 4 members (excludes halogenated alkanes) is 1. The van der Waals surface area contributed by atoms with Gasteiger partial charge in [0.25, 0.3) is 9.05 Å². The number of carboxylic acids is 1. The summed E-state index contributed by atoms with van der Waals surface area (Å²) in [6.45, 7) is 1.95. The summed E-state index contributed by atoms with van der Waals surface area (Å²) >= 11 is 0. The van der Waals surface area contributed by atoms with Crippen LogP contribution in [0.3, 0.4) is 0 Å². The van der Waals surface area contributed by atoms with Gasteiger partial charge in [0.05, 0.1) is 5.69 Å². The van der Waals surface area contributed by atoms with Gasteiger partial charge in [-0.2, -0.15) is 5.10 Å². The van der Waals surface area contributed by atoms with Crippen molar-refractivity contribution in [3.8, 4) is 0 Å². The Morgan fingerprint density at radius 3 is 2.53 bits per heavy atom. The smallest absolute Gasteiger partial charge is 0.357 e. The minimum Gasteiger partial charge on any atom is -0.476 e. The van der Waals surface area contributed by atoms with Crippen molar-refractivity contribution >= 4 is 25.7 Å². The second-order valence-corrected chi connectivity index (χ2v) is 6.10. The van der Waals surface area contributed by atoms with Crippen LogP contribution in [0, 0.1) is 0 Å². The molecule has 0 atom stereocenters. The van der Waals surface area contributed by atoms with Gasteiger partial charge >= 0.3 is 5.97 Å². The highest BCUT2D eigenvalue weighted by molar-refractivity contribution is 8.13. The SMILES string of the molecule is CCCCc1c(S(=O)(=O)Cl)c(C(=O)O)nn1C. The Balaban J connectivity index is 3.43. The first kappa shape index (κ1) is 14.0. The number of carbonyl (C=O) groups is 1. The molecule has 17 heavy (non-hydrogen) atoms. The van der Waals surface area contributed by atoms with Gasteiger partial charge in [0.2, 0.25) is 0 Å². The molecule has 0 unspecified atom stereocenters. The third-order valence-electron chi connectivity index (χ3n) is 2.33. The van der Waals surface area contributed by atoms with E-state index in [1.165, 1.54) is 11.7 Å². The van der Waals surface area contributed by atoms with E-state index in [1.807, 2.05) is 6.92 Å². The Labute approximate surface area is 104 Å². The molecule has 1 heterocycles. The average Bonchev–Trinajstić information content (AvgIpc) is 2.52. The molecule has 0 aliphatic rings. The van der Waals surface area contributed by atoms with Crippen molar-refractivity contribution in [2.75, 3.05) is 0 Å².